The zero-order valence-electron chi connectivity index (χ0n) is 38.2. The lowest BCUT2D eigenvalue weighted by Crippen LogP contribution is -2.62. The second kappa shape index (κ2) is 21.3. The van der Waals surface area contributed by atoms with Crippen LogP contribution in [-0.2, 0) is 48.0 Å². The number of rotatable bonds is 9. The molecule has 3 aromatic rings. The molecule has 6 amide bonds. The molecular weight excluding hydrogens is 807 g/mol. The monoisotopic (exact) mass is 869 g/mol. The lowest BCUT2D eigenvalue weighted by Gasteiger charge is -2.38. The molecule has 6 rings (SSSR count). The van der Waals surface area contributed by atoms with E-state index in [1.165, 1.54) is 54.8 Å². The number of likely N-dealkylation sites (N-methyl/N-ethyl adjacent to an activating group) is 4. The van der Waals surface area contributed by atoms with Gasteiger partial charge in [-0.25, -0.2) is 0 Å². The number of fused-ring (bicyclic) bond motifs is 2. The molecule has 6 atom stereocenters. The number of nitrogens with one attached hydrogen (secondary N) is 2. The molecule has 3 aliphatic rings. The average Bonchev–Trinajstić information content (AvgIpc) is 3.28. The Labute approximate surface area is 370 Å². The Kier molecular flexibility index (Phi) is 16.2. The van der Waals surface area contributed by atoms with Crippen molar-refractivity contribution in [2.45, 2.75) is 90.1 Å². The Morgan fingerprint density at radius 2 is 1.25 bits per heavy atom. The molecule has 0 spiro atoms. The zero-order valence-corrected chi connectivity index (χ0v) is 38.2. The fourth-order valence-corrected chi connectivity index (χ4v) is 8.09. The summed E-state index contributed by atoms with van der Waals surface area (Å²) in [7, 11) is 7.57. The molecule has 16 nitrogen and oxygen atoms in total. The summed E-state index contributed by atoms with van der Waals surface area (Å²) in [6.45, 7) is 10.7. The Hall–Kier alpha value is -6.16. The third kappa shape index (κ3) is 11.3. The van der Waals surface area contributed by atoms with Crippen LogP contribution in [0.25, 0.3) is 0 Å². The van der Waals surface area contributed by atoms with Crippen molar-refractivity contribution in [3.05, 3.63) is 83.4 Å². The summed E-state index contributed by atoms with van der Waals surface area (Å²) < 4.78 is 17.2. The van der Waals surface area contributed by atoms with Gasteiger partial charge >= 0.3 is 0 Å². The Balaban J connectivity index is 1.64. The summed E-state index contributed by atoms with van der Waals surface area (Å²) in [6.07, 6.45) is 0.135. The highest BCUT2D eigenvalue weighted by atomic mass is 16.5. The first kappa shape index (κ1) is 47.9. The number of hydrogen-bond donors (Lipinski definition) is 2. The Morgan fingerprint density at radius 1 is 0.667 bits per heavy atom. The largest absolute Gasteiger partial charge is 0.497 e. The molecule has 16 heteroatoms. The van der Waals surface area contributed by atoms with Gasteiger partial charge in [-0.1, -0.05) is 44.2 Å². The second-order valence-corrected chi connectivity index (χ2v) is 16.3. The summed E-state index contributed by atoms with van der Waals surface area (Å²) in [5.74, 6) is -1.38. The molecule has 3 aromatic carbocycles. The van der Waals surface area contributed by atoms with E-state index < -0.39 is 71.7 Å². The maximum Gasteiger partial charge on any atom is 0.246 e. The van der Waals surface area contributed by atoms with Crippen LogP contribution >= 0.6 is 0 Å². The number of amides is 6. The number of ether oxygens (including phenoxy) is 3. The first-order valence-electron chi connectivity index (χ1n) is 21.5. The molecule has 0 aromatic heterocycles. The van der Waals surface area contributed by atoms with Gasteiger partial charge in [0.15, 0.2) is 11.5 Å². The first-order valence-corrected chi connectivity index (χ1v) is 21.5. The zero-order chi connectivity index (χ0) is 46.1. The molecule has 63 heavy (non-hydrogen) atoms. The van der Waals surface area contributed by atoms with Gasteiger partial charge in [0.25, 0.3) is 0 Å². The SMILES string of the molecule is CCN(CC)CCN1C(=O)[C@@H](C)NC(=O)[C@@H]2Cc3ccc(OC)c(c3)Oc3ccc(cc3)C[C@@H](C(=O)N2C)N(C)C(=O)[C@H](C)NC(=O)[C@H](Cc2ccc(OC)cc2)N(C)C(=O)[C@@H]1C. The highest BCUT2D eigenvalue weighted by Crippen LogP contribution is 2.34. The number of nitrogens with zero attached hydrogens (tertiary/aromatic N) is 5. The Bertz CT molecular complexity index is 2110. The van der Waals surface area contributed by atoms with Crippen molar-refractivity contribution in [1.29, 1.82) is 0 Å². The summed E-state index contributed by atoms with van der Waals surface area (Å²) in [6, 6.07) is 12.6. The van der Waals surface area contributed by atoms with E-state index in [1.54, 1.807) is 87.7 Å². The lowest BCUT2D eigenvalue weighted by molar-refractivity contribution is -0.151. The lowest BCUT2D eigenvalue weighted by atomic mass is 9.98. The molecule has 1 saturated heterocycles. The molecule has 6 bridgehead atoms. The summed E-state index contributed by atoms with van der Waals surface area (Å²) in [5.41, 5.74) is 2.05. The van der Waals surface area contributed by atoms with Crippen LogP contribution in [0.15, 0.2) is 66.7 Å². The van der Waals surface area contributed by atoms with E-state index in [-0.39, 0.29) is 25.8 Å². The van der Waals surface area contributed by atoms with Crippen LogP contribution < -0.4 is 24.8 Å². The van der Waals surface area contributed by atoms with E-state index in [0.717, 1.165) is 5.56 Å². The van der Waals surface area contributed by atoms with E-state index in [4.69, 9.17) is 14.2 Å². The number of carbonyl (C=O) groups is 6. The minimum Gasteiger partial charge on any atom is -0.497 e. The molecule has 0 aliphatic carbocycles. The van der Waals surface area contributed by atoms with E-state index in [9.17, 15) is 28.8 Å². The average molecular weight is 870 g/mol. The van der Waals surface area contributed by atoms with Crippen molar-refractivity contribution in [3.63, 3.8) is 0 Å². The van der Waals surface area contributed by atoms with Crippen LogP contribution in [0.1, 0.15) is 51.3 Å². The molecule has 1 fully saturated rings. The van der Waals surface area contributed by atoms with Gasteiger partial charge in [-0.2, -0.15) is 0 Å². The minimum absolute atomic E-state index is 0.00467. The molecule has 3 heterocycles. The summed E-state index contributed by atoms with van der Waals surface area (Å²) in [5, 5.41) is 5.71. The van der Waals surface area contributed by atoms with Crippen molar-refractivity contribution in [3.8, 4) is 23.0 Å². The van der Waals surface area contributed by atoms with Gasteiger partial charge in [-0.05, 0) is 86.9 Å². The topological polar surface area (TPSA) is 170 Å². The van der Waals surface area contributed by atoms with Gasteiger partial charge in [0, 0.05) is 53.5 Å². The molecule has 340 valence electrons. The van der Waals surface area contributed by atoms with E-state index >= 15 is 0 Å². The minimum atomic E-state index is -1.17. The maximum absolute atomic E-state index is 14.9. The number of hydrogen-bond acceptors (Lipinski definition) is 10. The van der Waals surface area contributed by atoms with E-state index in [0.29, 0.717) is 53.8 Å². The maximum atomic E-state index is 14.9. The predicted molar refractivity (Wildman–Crippen MR) is 237 cm³/mol. The third-order valence-electron chi connectivity index (χ3n) is 12.3. The van der Waals surface area contributed by atoms with Crippen LogP contribution in [0, 0.1) is 0 Å². The van der Waals surface area contributed by atoms with Crippen LogP contribution in [0.5, 0.6) is 23.0 Å². The van der Waals surface area contributed by atoms with E-state index in [1.807, 2.05) is 13.8 Å². The fraction of sp³-hybridized carbons (Fsp3) is 0.489. The highest BCUT2D eigenvalue weighted by Gasteiger charge is 2.40. The second-order valence-electron chi connectivity index (χ2n) is 16.3. The van der Waals surface area contributed by atoms with Crippen LogP contribution in [0.4, 0.5) is 0 Å². The third-order valence-corrected chi connectivity index (χ3v) is 12.3. The van der Waals surface area contributed by atoms with Gasteiger partial charge in [0.1, 0.15) is 47.8 Å². The van der Waals surface area contributed by atoms with Crippen molar-refractivity contribution in [1.82, 2.24) is 35.1 Å². The normalized spacial score (nSPS) is 23.2. The molecule has 2 N–H and O–H groups in total. The number of carbonyl (C=O) groups excluding carboxylic acids is 6. The fourth-order valence-electron chi connectivity index (χ4n) is 8.09. The predicted octanol–water partition coefficient (Wildman–Crippen LogP) is 2.90. The summed E-state index contributed by atoms with van der Waals surface area (Å²) in [4.78, 5) is 95.1. The molecule has 3 aliphatic heterocycles. The molecule has 0 saturated carbocycles. The highest BCUT2D eigenvalue weighted by molar-refractivity contribution is 5.98. The first-order chi connectivity index (χ1) is 30.0. The molecule has 0 radical (unpaired) electrons. The van der Waals surface area contributed by atoms with Crippen molar-refractivity contribution >= 4 is 35.4 Å². The van der Waals surface area contributed by atoms with Gasteiger partial charge in [-0.3, -0.25) is 28.8 Å². The molecule has 0 unspecified atom stereocenters. The smallest absolute Gasteiger partial charge is 0.246 e. The molecular formula is C47H63N7O9. The van der Waals surface area contributed by atoms with E-state index in [2.05, 4.69) is 15.5 Å². The van der Waals surface area contributed by atoms with Gasteiger partial charge in [0.2, 0.25) is 35.4 Å². The van der Waals surface area contributed by atoms with Gasteiger partial charge in [0.05, 0.1) is 14.2 Å². The van der Waals surface area contributed by atoms with Gasteiger partial charge in [-0.15, -0.1) is 0 Å². The number of benzene rings is 3. The van der Waals surface area contributed by atoms with Crippen LogP contribution in [-0.4, -0.2) is 158 Å². The van der Waals surface area contributed by atoms with Gasteiger partial charge < -0.3 is 49.3 Å². The van der Waals surface area contributed by atoms with Crippen LogP contribution in [0.3, 0.4) is 0 Å². The summed E-state index contributed by atoms with van der Waals surface area (Å²) >= 11 is 0. The van der Waals surface area contributed by atoms with Crippen molar-refractivity contribution in [2.24, 2.45) is 0 Å². The van der Waals surface area contributed by atoms with Crippen molar-refractivity contribution in [2.75, 3.05) is 61.5 Å². The van der Waals surface area contributed by atoms with Crippen LogP contribution in [0.2, 0.25) is 0 Å². The number of methoxy groups -OCH3 is 2. The Morgan fingerprint density at radius 3 is 1.87 bits per heavy atom. The quantitative estimate of drug-likeness (QED) is 0.326. The standard InChI is InChI=1S/C47H63N7O9/c1-11-53(12-2)23-24-54-31(5)46(59)50(6)37(25-32-13-18-35(61-9)19-14-32)42(55)48-29(3)44(57)52(8)39-26-33-15-20-36(21-16-33)63-41-28-34(17-22-40(41)62-10)27-38(51(7)47(39)60)43(56)49-30(4)45(54)58/h13-22,28-31,37-39H,11-12,23-27H2,1-10H3,(H,48,55)(H,49,56)/t29-,30+,31-,37-,38-,39-/m0/s1. The van der Waals surface area contributed by atoms with Crippen molar-refractivity contribution < 1.29 is 43.0 Å².